The Balaban J connectivity index is 1.72. The SMILES string of the molecule is COC(=O)CS(=O)c1ccc(Oc2c(F)cnc(Oc3cc(C#N)ccc3O)c2F)c(C2=NCCN2C)c1. The molecule has 0 saturated heterocycles. The van der Waals surface area contributed by atoms with Crippen LogP contribution in [-0.2, 0) is 20.3 Å². The molecule has 1 aliphatic heterocycles. The van der Waals surface area contributed by atoms with Gasteiger partial charge in [-0.3, -0.25) is 14.0 Å². The maximum Gasteiger partial charge on any atom is 0.318 e. The molecule has 13 heteroatoms. The van der Waals surface area contributed by atoms with Crippen LogP contribution in [0, 0.1) is 23.0 Å². The number of likely N-dealkylation sites (N-methyl/N-ethyl adjacent to an activating group) is 1. The van der Waals surface area contributed by atoms with E-state index in [-0.39, 0.29) is 33.3 Å². The Bertz CT molecular complexity index is 1510. The average Bonchev–Trinajstić information content (AvgIpc) is 3.34. The largest absolute Gasteiger partial charge is 0.504 e. The quantitative estimate of drug-likeness (QED) is 0.425. The molecule has 1 N–H and O–H groups in total. The molecule has 2 heterocycles. The van der Waals surface area contributed by atoms with Crippen molar-refractivity contribution in [3.63, 3.8) is 0 Å². The molecular formula is C25H20F2N4O6S. The van der Waals surface area contributed by atoms with Crippen molar-refractivity contribution in [1.82, 2.24) is 9.88 Å². The van der Waals surface area contributed by atoms with E-state index in [0.29, 0.717) is 25.1 Å². The molecule has 1 unspecified atom stereocenters. The third-order valence-electron chi connectivity index (χ3n) is 5.40. The van der Waals surface area contributed by atoms with E-state index in [0.717, 1.165) is 0 Å². The van der Waals surface area contributed by atoms with Crippen LogP contribution in [0.2, 0.25) is 0 Å². The molecule has 3 aromatic rings. The van der Waals surface area contributed by atoms with Crippen LogP contribution >= 0.6 is 0 Å². The van der Waals surface area contributed by atoms with E-state index in [1.807, 2.05) is 6.07 Å². The highest BCUT2D eigenvalue weighted by molar-refractivity contribution is 7.85. The van der Waals surface area contributed by atoms with Crippen LogP contribution in [-0.4, -0.2) is 64.0 Å². The van der Waals surface area contributed by atoms with E-state index >= 15 is 4.39 Å². The number of carbonyl (C=O) groups excluding carboxylic acids is 1. The molecule has 0 aliphatic carbocycles. The Morgan fingerprint density at radius 3 is 2.68 bits per heavy atom. The van der Waals surface area contributed by atoms with E-state index in [1.54, 1.807) is 11.9 Å². The van der Waals surface area contributed by atoms with Gasteiger partial charge in [0.2, 0.25) is 11.6 Å². The van der Waals surface area contributed by atoms with Gasteiger partial charge in [0.05, 0.1) is 47.8 Å². The van der Waals surface area contributed by atoms with E-state index in [2.05, 4.69) is 14.7 Å². The minimum Gasteiger partial charge on any atom is -0.504 e. The van der Waals surface area contributed by atoms with Crippen LogP contribution in [0.1, 0.15) is 11.1 Å². The van der Waals surface area contributed by atoms with E-state index < -0.39 is 45.8 Å². The number of nitrogens with zero attached hydrogens (tertiary/aromatic N) is 4. The Labute approximate surface area is 218 Å². The van der Waals surface area contributed by atoms with Gasteiger partial charge in [0, 0.05) is 24.6 Å². The first-order valence-corrected chi connectivity index (χ1v) is 12.3. The number of rotatable bonds is 8. The average molecular weight is 543 g/mol. The van der Waals surface area contributed by atoms with Gasteiger partial charge in [0.25, 0.3) is 5.88 Å². The van der Waals surface area contributed by atoms with Gasteiger partial charge in [-0.15, -0.1) is 0 Å². The number of aromatic hydroxyl groups is 1. The summed E-state index contributed by atoms with van der Waals surface area (Å²) in [5.74, 6) is -5.30. The molecule has 0 bridgehead atoms. The van der Waals surface area contributed by atoms with Gasteiger partial charge in [-0.25, -0.2) is 9.37 Å². The molecule has 0 fully saturated rings. The number of hydrogen-bond donors (Lipinski definition) is 1. The lowest BCUT2D eigenvalue weighted by Crippen LogP contribution is -2.24. The zero-order chi connectivity index (χ0) is 27.4. The molecular weight excluding hydrogens is 522 g/mol. The first kappa shape index (κ1) is 26.5. The minimum atomic E-state index is -1.76. The van der Waals surface area contributed by atoms with Crippen LogP contribution in [0.5, 0.6) is 28.9 Å². The molecule has 196 valence electrons. The highest BCUT2D eigenvalue weighted by atomic mass is 32.2. The summed E-state index contributed by atoms with van der Waals surface area (Å²) in [5, 5.41) is 19.1. The summed E-state index contributed by atoms with van der Waals surface area (Å²) in [5.41, 5.74) is 0.422. The third kappa shape index (κ3) is 5.55. The second-order valence-electron chi connectivity index (χ2n) is 7.90. The monoisotopic (exact) mass is 542 g/mol. The molecule has 0 spiro atoms. The lowest BCUT2D eigenvalue weighted by Gasteiger charge is -2.19. The number of benzene rings is 2. The maximum atomic E-state index is 15.4. The number of pyridine rings is 1. The van der Waals surface area contributed by atoms with Crippen molar-refractivity contribution in [2.75, 3.05) is 33.0 Å². The minimum absolute atomic E-state index is 0.0133. The van der Waals surface area contributed by atoms with Crippen molar-refractivity contribution in [3.8, 4) is 34.9 Å². The Morgan fingerprint density at radius 2 is 2.00 bits per heavy atom. The highest BCUT2D eigenvalue weighted by Crippen LogP contribution is 2.38. The molecule has 38 heavy (non-hydrogen) atoms. The summed E-state index contributed by atoms with van der Waals surface area (Å²) in [6.45, 7) is 1.04. The lowest BCUT2D eigenvalue weighted by molar-refractivity contribution is -0.137. The third-order valence-corrected chi connectivity index (χ3v) is 6.67. The van der Waals surface area contributed by atoms with Gasteiger partial charge in [-0.2, -0.15) is 9.65 Å². The first-order chi connectivity index (χ1) is 18.2. The number of aromatic nitrogens is 1. The van der Waals surface area contributed by atoms with Crippen LogP contribution in [0.3, 0.4) is 0 Å². The van der Waals surface area contributed by atoms with E-state index in [9.17, 15) is 18.5 Å². The van der Waals surface area contributed by atoms with Crippen molar-refractivity contribution >= 4 is 22.6 Å². The molecule has 0 radical (unpaired) electrons. The Kier molecular flexibility index (Phi) is 7.82. The van der Waals surface area contributed by atoms with Crippen molar-refractivity contribution in [2.24, 2.45) is 4.99 Å². The molecule has 1 atom stereocenters. The number of phenolic OH excluding ortho intramolecular Hbond substituents is 1. The van der Waals surface area contributed by atoms with Gasteiger partial charge >= 0.3 is 5.97 Å². The maximum absolute atomic E-state index is 15.4. The number of carbonyl (C=O) groups is 1. The molecule has 4 rings (SSSR count). The topological polar surface area (TPSA) is 134 Å². The van der Waals surface area contributed by atoms with Crippen LogP contribution in [0.4, 0.5) is 8.78 Å². The van der Waals surface area contributed by atoms with Crippen molar-refractivity contribution in [2.45, 2.75) is 4.90 Å². The number of hydrogen-bond acceptors (Lipinski definition) is 10. The summed E-state index contributed by atoms with van der Waals surface area (Å²) in [6.07, 6.45) is 0.678. The second-order valence-corrected chi connectivity index (χ2v) is 9.35. The number of nitriles is 1. The van der Waals surface area contributed by atoms with Crippen LogP contribution in [0.15, 0.2) is 52.5 Å². The molecule has 0 amide bonds. The highest BCUT2D eigenvalue weighted by Gasteiger charge is 2.25. The molecule has 0 saturated carbocycles. The number of ether oxygens (including phenoxy) is 3. The summed E-state index contributed by atoms with van der Waals surface area (Å²) in [6, 6.07) is 9.76. The van der Waals surface area contributed by atoms with E-state index in [4.69, 9.17) is 14.7 Å². The first-order valence-electron chi connectivity index (χ1n) is 11.0. The lowest BCUT2D eigenvalue weighted by atomic mass is 10.1. The summed E-state index contributed by atoms with van der Waals surface area (Å²) >= 11 is 0. The van der Waals surface area contributed by atoms with Gasteiger partial charge < -0.3 is 24.2 Å². The van der Waals surface area contributed by atoms with E-state index in [1.165, 1.54) is 43.5 Å². The normalized spacial score (nSPS) is 13.4. The molecule has 2 aromatic carbocycles. The van der Waals surface area contributed by atoms with Gasteiger partial charge in [-0.05, 0) is 30.3 Å². The van der Waals surface area contributed by atoms with Crippen molar-refractivity contribution in [3.05, 3.63) is 65.4 Å². The zero-order valence-electron chi connectivity index (χ0n) is 20.1. The number of methoxy groups -OCH3 is 1. The molecule has 1 aromatic heterocycles. The fourth-order valence-electron chi connectivity index (χ4n) is 3.46. The number of amidine groups is 1. The predicted octanol–water partition coefficient (Wildman–Crippen LogP) is 3.49. The van der Waals surface area contributed by atoms with Crippen molar-refractivity contribution < 1.29 is 37.1 Å². The van der Waals surface area contributed by atoms with Gasteiger partial charge in [0.15, 0.2) is 17.3 Å². The summed E-state index contributed by atoms with van der Waals surface area (Å²) < 4.78 is 58.3. The summed E-state index contributed by atoms with van der Waals surface area (Å²) in [7, 11) is 1.18. The predicted molar refractivity (Wildman–Crippen MR) is 131 cm³/mol. The van der Waals surface area contributed by atoms with Crippen LogP contribution < -0.4 is 9.47 Å². The van der Waals surface area contributed by atoms with Gasteiger partial charge in [0.1, 0.15) is 17.3 Å². The number of aliphatic imine (C=N–C) groups is 1. The number of halogens is 2. The smallest absolute Gasteiger partial charge is 0.318 e. The van der Waals surface area contributed by atoms with Gasteiger partial charge in [-0.1, -0.05) is 0 Å². The second kappa shape index (κ2) is 11.2. The molecule has 1 aliphatic rings. The Morgan fingerprint density at radius 1 is 1.21 bits per heavy atom. The number of phenols is 1. The fourth-order valence-corrected chi connectivity index (χ4v) is 4.43. The zero-order valence-corrected chi connectivity index (χ0v) is 20.9. The number of esters is 1. The summed E-state index contributed by atoms with van der Waals surface area (Å²) in [4.78, 5) is 21.6. The van der Waals surface area contributed by atoms with Crippen molar-refractivity contribution in [1.29, 1.82) is 5.26 Å². The fraction of sp³-hybridized carbons (Fsp3) is 0.200. The standard InChI is InChI=1S/C25H20F2N4O6S/c1-31-8-7-29-24(31)16-10-15(38(34)13-21(33)35-2)4-6-19(16)36-23-17(26)12-30-25(22(23)27)37-20-9-14(11-28)3-5-18(20)32/h3-6,9-10,12,32H,7-8,13H2,1-2H3. The van der Waals surface area contributed by atoms with Crippen LogP contribution in [0.25, 0.3) is 0 Å². The Hall–Kier alpha value is -4.57. The molecule has 10 nitrogen and oxygen atoms in total.